The summed E-state index contributed by atoms with van der Waals surface area (Å²) < 4.78 is 3.63. The van der Waals surface area contributed by atoms with E-state index in [1.54, 1.807) is 0 Å². The van der Waals surface area contributed by atoms with Crippen LogP contribution >= 0.6 is 35.3 Å². The molecule has 0 spiro atoms. The summed E-state index contributed by atoms with van der Waals surface area (Å²) in [6, 6.07) is 0. The Bertz CT molecular complexity index is 75.3. The molecule has 3 nitrogen and oxygen atoms in total. The lowest BCUT2D eigenvalue weighted by molar-refractivity contribution is 0.829. The molecule has 1 aliphatic rings. The monoisotopic (exact) mass is 180 g/mol. The Labute approximate surface area is 71.0 Å². The van der Waals surface area contributed by atoms with Gasteiger partial charge in [0.05, 0.1) is 0 Å². The minimum atomic E-state index is 1.21. The fourth-order valence-corrected chi connectivity index (χ4v) is 1.10. The van der Waals surface area contributed by atoms with Gasteiger partial charge in [0.1, 0.15) is 0 Å². The minimum Gasteiger partial charge on any atom is -0.274 e. The molecule has 0 aromatic rings. The van der Waals surface area contributed by atoms with Crippen LogP contribution in [0.25, 0.3) is 0 Å². The van der Waals surface area contributed by atoms with Gasteiger partial charge in [-0.25, -0.2) is 0 Å². The first-order valence-electron chi connectivity index (χ1n) is 2.06. The van der Waals surface area contributed by atoms with Crippen LogP contribution in [0, 0.1) is 0 Å². The average Bonchev–Trinajstić information content (AvgIpc) is 1.59. The third-order valence-electron chi connectivity index (χ3n) is 0.662. The van der Waals surface area contributed by atoms with Crippen LogP contribution in [0.2, 0.25) is 0 Å². The highest BCUT2D eigenvalue weighted by Crippen LogP contribution is 2.06. The maximum absolute atomic E-state index is 5.46. The fourth-order valence-electron chi connectivity index (χ4n) is 0.406. The van der Waals surface area contributed by atoms with Crippen molar-refractivity contribution >= 4 is 58.0 Å². The third kappa shape index (κ3) is 2.57. The Hall–Kier alpha value is 0.945. The molecular weight excluding hydrogens is 181 g/mol. The predicted octanol–water partition coefficient (Wildman–Crippen LogP) is -0.0300. The van der Waals surface area contributed by atoms with Crippen LogP contribution < -0.4 is 0 Å². The van der Waals surface area contributed by atoms with E-state index in [0.29, 0.717) is 0 Å². The molecular formula is B3Cl3N3. The van der Waals surface area contributed by atoms with Crippen LogP contribution in [0.3, 0.4) is 0 Å². The Morgan fingerprint density at radius 2 is 0.889 bits per heavy atom. The van der Waals surface area contributed by atoms with Crippen LogP contribution in [0.5, 0.6) is 0 Å². The van der Waals surface area contributed by atoms with E-state index in [9.17, 15) is 0 Å². The van der Waals surface area contributed by atoms with E-state index < -0.39 is 0 Å². The summed E-state index contributed by atoms with van der Waals surface area (Å²) in [5.41, 5.74) is 0. The lowest BCUT2D eigenvalue weighted by atomic mass is 9.84. The van der Waals surface area contributed by atoms with Crippen molar-refractivity contribution in [2.24, 2.45) is 0 Å². The summed E-state index contributed by atoms with van der Waals surface area (Å²) in [6.07, 6.45) is 0. The van der Waals surface area contributed by atoms with Crippen molar-refractivity contribution in [3.05, 3.63) is 0 Å². The molecule has 1 aliphatic heterocycles. The Morgan fingerprint density at radius 1 is 0.667 bits per heavy atom. The Morgan fingerprint density at radius 3 is 1.11 bits per heavy atom. The van der Waals surface area contributed by atoms with Gasteiger partial charge in [-0.05, 0) is 35.3 Å². The van der Waals surface area contributed by atoms with Gasteiger partial charge in [0.2, 0.25) is 0 Å². The second-order valence-corrected chi connectivity index (χ2v) is 2.55. The van der Waals surface area contributed by atoms with Crippen LogP contribution in [0.4, 0.5) is 0 Å². The molecule has 1 saturated heterocycles. The smallest absolute Gasteiger partial charge is 0.274 e. The number of nitrogens with zero attached hydrogens (tertiary/aromatic N) is 3. The van der Waals surface area contributed by atoms with Gasteiger partial charge in [-0.3, -0.25) is 12.7 Å². The summed E-state index contributed by atoms with van der Waals surface area (Å²) in [4.78, 5) is 0. The van der Waals surface area contributed by atoms with Gasteiger partial charge in [0, 0.05) is 0 Å². The van der Waals surface area contributed by atoms with Crippen molar-refractivity contribution in [1.82, 2.24) is 12.7 Å². The molecule has 3 radical (unpaired) electrons. The van der Waals surface area contributed by atoms with E-state index in [4.69, 9.17) is 35.3 Å². The molecule has 0 N–H and O–H groups in total. The number of halogens is 3. The van der Waals surface area contributed by atoms with Crippen LogP contribution in [-0.4, -0.2) is 35.4 Å². The summed E-state index contributed by atoms with van der Waals surface area (Å²) in [5.74, 6) is 0. The van der Waals surface area contributed by atoms with Crippen molar-refractivity contribution < 1.29 is 0 Å². The molecule has 45 valence electrons. The van der Waals surface area contributed by atoms with Crippen molar-refractivity contribution in [3.8, 4) is 0 Å². The maximum Gasteiger partial charge on any atom is 0.321 e. The largest absolute Gasteiger partial charge is 0.321 e. The quantitative estimate of drug-likeness (QED) is 0.383. The first kappa shape index (κ1) is 8.05. The number of hydrogen-bond donors (Lipinski definition) is 0. The lowest BCUT2D eigenvalue weighted by Crippen LogP contribution is -2.51. The van der Waals surface area contributed by atoms with Crippen LogP contribution in [0.1, 0.15) is 0 Å². The first-order chi connectivity index (χ1) is 4.18. The predicted molar refractivity (Wildman–Crippen MR) is 40.3 cm³/mol. The molecule has 9 heavy (non-hydrogen) atoms. The Kier molecular flexibility index (Phi) is 3.01. The van der Waals surface area contributed by atoms with Crippen LogP contribution in [-0.2, 0) is 0 Å². The van der Waals surface area contributed by atoms with Gasteiger partial charge >= 0.3 is 22.6 Å². The summed E-state index contributed by atoms with van der Waals surface area (Å²) in [7, 11) is 4.34. The molecule has 0 saturated carbocycles. The van der Waals surface area contributed by atoms with Gasteiger partial charge < -0.3 is 0 Å². The zero-order valence-corrected chi connectivity index (χ0v) is 6.48. The summed E-state index contributed by atoms with van der Waals surface area (Å²) in [6.45, 7) is 0. The van der Waals surface area contributed by atoms with E-state index in [-0.39, 0.29) is 0 Å². The maximum atomic E-state index is 5.46. The normalized spacial score (nSPS) is 24.3. The molecule has 0 aromatic heterocycles. The minimum absolute atomic E-state index is 1.21. The molecule has 0 bridgehead atoms. The van der Waals surface area contributed by atoms with Crippen molar-refractivity contribution in [3.63, 3.8) is 0 Å². The zero-order chi connectivity index (χ0) is 6.85. The third-order valence-corrected chi connectivity index (χ3v) is 1.19. The highest BCUT2D eigenvalue weighted by Gasteiger charge is 2.25. The molecule has 1 heterocycles. The van der Waals surface area contributed by atoms with E-state index in [2.05, 4.69) is 0 Å². The van der Waals surface area contributed by atoms with E-state index >= 15 is 0 Å². The lowest BCUT2D eigenvalue weighted by Gasteiger charge is -2.27. The topological polar surface area (TPSA) is 9.72 Å². The molecule has 1 fully saturated rings. The van der Waals surface area contributed by atoms with Crippen LogP contribution in [0.15, 0.2) is 0 Å². The number of rotatable bonds is 0. The molecule has 0 unspecified atom stereocenters. The van der Waals surface area contributed by atoms with E-state index in [1.807, 2.05) is 0 Å². The molecule has 0 aliphatic carbocycles. The second-order valence-electron chi connectivity index (χ2n) is 1.38. The van der Waals surface area contributed by atoms with Crippen molar-refractivity contribution in [2.75, 3.05) is 0 Å². The van der Waals surface area contributed by atoms with Gasteiger partial charge in [-0.15, -0.1) is 0 Å². The Balaban J connectivity index is 2.34. The SMILES string of the molecule is ClN1[B]N(Cl)[B]N(Cl)[B]1. The second kappa shape index (κ2) is 3.37. The van der Waals surface area contributed by atoms with Crippen molar-refractivity contribution in [1.29, 1.82) is 0 Å². The number of hydrogen-bond acceptors (Lipinski definition) is 3. The molecule has 0 atom stereocenters. The van der Waals surface area contributed by atoms with Gasteiger partial charge in [0.15, 0.2) is 0 Å². The van der Waals surface area contributed by atoms with Crippen molar-refractivity contribution in [2.45, 2.75) is 0 Å². The summed E-state index contributed by atoms with van der Waals surface area (Å²) in [5, 5.41) is 0. The zero-order valence-electron chi connectivity index (χ0n) is 4.21. The molecule has 1 rings (SSSR count). The molecule has 0 aromatic carbocycles. The highest BCUT2D eigenvalue weighted by molar-refractivity contribution is 6.79. The molecule has 0 amide bonds. The van der Waals surface area contributed by atoms with E-state index in [0.717, 1.165) is 0 Å². The average molecular weight is 181 g/mol. The highest BCUT2D eigenvalue weighted by atomic mass is 35.5. The first-order valence-corrected chi connectivity index (χ1v) is 3.07. The fraction of sp³-hybridized carbons (Fsp3) is 0. The summed E-state index contributed by atoms with van der Waals surface area (Å²) >= 11 is 16.4. The molecule has 9 heteroatoms. The van der Waals surface area contributed by atoms with Gasteiger partial charge in [-0.2, -0.15) is 0 Å². The van der Waals surface area contributed by atoms with Gasteiger partial charge in [-0.1, -0.05) is 0 Å². The standard InChI is InChI=1S/B3Cl3N3/c4-7-1-8(5)3-9(6)2-7. The van der Waals surface area contributed by atoms with Gasteiger partial charge in [0.25, 0.3) is 0 Å². The van der Waals surface area contributed by atoms with E-state index in [1.165, 1.54) is 35.4 Å².